The minimum atomic E-state index is -0.489. The van der Waals surface area contributed by atoms with Crippen molar-refractivity contribution in [2.45, 2.75) is 13.5 Å². The summed E-state index contributed by atoms with van der Waals surface area (Å²) in [6.45, 7) is 2.93. The van der Waals surface area contributed by atoms with E-state index >= 15 is 0 Å². The number of aliphatic hydroxyl groups excluding tert-OH is 2. The number of rotatable bonds is 7. The van der Waals surface area contributed by atoms with Crippen LogP contribution >= 0.6 is 0 Å². The van der Waals surface area contributed by atoms with Gasteiger partial charge in [-0.2, -0.15) is 0 Å². The van der Waals surface area contributed by atoms with Gasteiger partial charge >= 0.3 is 0 Å². The first kappa shape index (κ1) is 13.9. The average Bonchev–Trinajstić information content (AvgIpc) is 2.39. The lowest BCUT2D eigenvalue weighted by Gasteiger charge is -2.24. The van der Waals surface area contributed by atoms with E-state index in [4.69, 9.17) is 14.9 Å². The van der Waals surface area contributed by atoms with E-state index in [1.54, 1.807) is 13.3 Å². The van der Waals surface area contributed by atoms with Gasteiger partial charge in [-0.15, -0.1) is 0 Å². The molecule has 1 heterocycles. The summed E-state index contributed by atoms with van der Waals surface area (Å²) in [5, 5.41) is 21.5. The van der Waals surface area contributed by atoms with Gasteiger partial charge < -0.3 is 20.3 Å². The van der Waals surface area contributed by atoms with Crippen LogP contribution in [0.3, 0.4) is 0 Å². The second-order valence-corrected chi connectivity index (χ2v) is 4.44. The Balaban J connectivity index is 2.45. The Kier molecular flexibility index (Phi) is 5.34. The van der Waals surface area contributed by atoms with Crippen molar-refractivity contribution >= 4 is 0 Å². The third kappa shape index (κ3) is 4.30. The van der Waals surface area contributed by atoms with E-state index in [2.05, 4.69) is 10.3 Å². The van der Waals surface area contributed by atoms with Gasteiger partial charge in [0.15, 0.2) is 0 Å². The second kappa shape index (κ2) is 6.54. The Bertz CT molecular complexity index is 340. The normalized spacial score (nSPS) is 11.5. The van der Waals surface area contributed by atoms with E-state index in [1.807, 2.05) is 19.1 Å². The first-order valence-corrected chi connectivity index (χ1v) is 5.55. The number of methoxy groups -OCH3 is 1. The molecule has 0 aliphatic heterocycles. The van der Waals surface area contributed by atoms with Crippen LogP contribution in [0.1, 0.15) is 12.5 Å². The SMILES string of the molecule is COc1cc(CNCC(C)(CO)CO)ccn1. The highest BCUT2D eigenvalue weighted by Crippen LogP contribution is 2.13. The predicted molar refractivity (Wildman–Crippen MR) is 64.8 cm³/mol. The highest BCUT2D eigenvalue weighted by Gasteiger charge is 2.21. The van der Waals surface area contributed by atoms with E-state index in [-0.39, 0.29) is 13.2 Å². The molecule has 0 radical (unpaired) electrons. The van der Waals surface area contributed by atoms with E-state index in [9.17, 15) is 0 Å². The van der Waals surface area contributed by atoms with Gasteiger partial charge in [-0.1, -0.05) is 6.92 Å². The predicted octanol–water partition coefficient (Wildman–Crippen LogP) is 0.171. The highest BCUT2D eigenvalue weighted by molar-refractivity contribution is 5.20. The second-order valence-electron chi connectivity index (χ2n) is 4.44. The molecule has 0 atom stereocenters. The Morgan fingerprint density at radius 3 is 2.71 bits per heavy atom. The van der Waals surface area contributed by atoms with E-state index in [1.165, 1.54) is 0 Å². The molecule has 1 aromatic rings. The van der Waals surface area contributed by atoms with Crippen LogP contribution < -0.4 is 10.1 Å². The zero-order valence-corrected chi connectivity index (χ0v) is 10.3. The van der Waals surface area contributed by atoms with Crippen LogP contribution in [0.25, 0.3) is 0 Å². The number of nitrogens with zero attached hydrogens (tertiary/aromatic N) is 1. The number of hydrogen-bond donors (Lipinski definition) is 3. The molecule has 3 N–H and O–H groups in total. The fraction of sp³-hybridized carbons (Fsp3) is 0.583. The molecule has 0 aromatic carbocycles. The molecule has 0 unspecified atom stereocenters. The number of ether oxygens (including phenoxy) is 1. The van der Waals surface area contributed by atoms with Gasteiger partial charge in [0.1, 0.15) is 0 Å². The molecule has 5 heteroatoms. The van der Waals surface area contributed by atoms with Gasteiger partial charge in [0.2, 0.25) is 5.88 Å². The van der Waals surface area contributed by atoms with Crippen LogP contribution in [-0.4, -0.2) is 42.1 Å². The number of aliphatic hydroxyl groups is 2. The maximum Gasteiger partial charge on any atom is 0.213 e. The third-order valence-electron chi connectivity index (χ3n) is 2.65. The van der Waals surface area contributed by atoms with Crippen LogP contribution in [-0.2, 0) is 6.54 Å². The van der Waals surface area contributed by atoms with Crippen LogP contribution in [0, 0.1) is 5.41 Å². The summed E-state index contributed by atoms with van der Waals surface area (Å²) >= 11 is 0. The van der Waals surface area contributed by atoms with Crippen molar-refractivity contribution in [2.24, 2.45) is 5.41 Å². The molecule has 0 saturated carbocycles. The van der Waals surface area contributed by atoms with Gasteiger partial charge in [0.05, 0.1) is 20.3 Å². The molecule has 1 rings (SSSR count). The zero-order chi connectivity index (χ0) is 12.7. The van der Waals surface area contributed by atoms with E-state index in [0.29, 0.717) is 19.0 Å². The maximum absolute atomic E-state index is 9.13. The van der Waals surface area contributed by atoms with Crippen molar-refractivity contribution < 1.29 is 14.9 Å². The zero-order valence-electron chi connectivity index (χ0n) is 10.3. The monoisotopic (exact) mass is 240 g/mol. The molecule has 0 amide bonds. The summed E-state index contributed by atoms with van der Waals surface area (Å²) in [6.07, 6.45) is 1.69. The first-order chi connectivity index (χ1) is 8.13. The Hall–Kier alpha value is -1.17. The van der Waals surface area contributed by atoms with Crippen molar-refractivity contribution in [1.29, 1.82) is 0 Å². The fourth-order valence-corrected chi connectivity index (χ4v) is 1.34. The minimum Gasteiger partial charge on any atom is -0.481 e. The summed E-state index contributed by atoms with van der Waals surface area (Å²) in [4.78, 5) is 4.02. The quantitative estimate of drug-likeness (QED) is 0.633. The van der Waals surface area contributed by atoms with Gasteiger partial charge in [-0.25, -0.2) is 4.98 Å². The Morgan fingerprint density at radius 2 is 2.12 bits per heavy atom. The number of pyridine rings is 1. The number of aromatic nitrogens is 1. The summed E-state index contributed by atoms with van der Waals surface area (Å²) < 4.78 is 5.03. The van der Waals surface area contributed by atoms with Crippen LogP contribution in [0.15, 0.2) is 18.3 Å². The lowest BCUT2D eigenvalue weighted by Crippen LogP contribution is -2.37. The van der Waals surface area contributed by atoms with Crippen molar-refractivity contribution in [2.75, 3.05) is 26.9 Å². The van der Waals surface area contributed by atoms with Crippen molar-refractivity contribution in [3.63, 3.8) is 0 Å². The summed E-state index contributed by atoms with van der Waals surface area (Å²) in [5.74, 6) is 0.580. The topological polar surface area (TPSA) is 74.6 Å². The highest BCUT2D eigenvalue weighted by atomic mass is 16.5. The molecule has 1 aromatic heterocycles. The molecule has 17 heavy (non-hydrogen) atoms. The molecule has 0 bridgehead atoms. The van der Waals surface area contributed by atoms with E-state index in [0.717, 1.165) is 5.56 Å². The van der Waals surface area contributed by atoms with Gasteiger partial charge in [-0.05, 0) is 11.6 Å². The third-order valence-corrected chi connectivity index (χ3v) is 2.65. The van der Waals surface area contributed by atoms with Crippen LogP contribution in [0.2, 0.25) is 0 Å². The first-order valence-electron chi connectivity index (χ1n) is 5.55. The van der Waals surface area contributed by atoms with Crippen molar-refractivity contribution in [3.8, 4) is 5.88 Å². The molecule has 0 fully saturated rings. The lowest BCUT2D eigenvalue weighted by molar-refractivity contribution is 0.0695. The summed E-state index contributed by atoms with van der Waals surface area (Å²) in [5.41, 5.74) is 0.562. The maximum atomic E-state index is 9.13. The molecule has 96 valence electrons. The molecule has 0 spiro atoms. The van der Waals surface area contributed by atoms with Crippen molar-refractivity contribution in [3.05, 3.63) is 23.9 Å². The van der Waals surface area contributed by atoms with Crippen LogP contribution in [0.5, 0.6) is 5.88 Å². The Morgan fingerprint density at radius 1 is 1.41 bits per heavy atom. The van der Waals surface area contributed by atoms with Gasteiger partial charge in [0.25, 0.3) is 0 Å². The molecule has 0 saturated heterocycles. The molecule has 0 aliphatic rings. The summed E-state index contributed by atoms with van der Waals surface area (Å²) in [6, 6.07) is 3.74. The molecular weight excluding hydrogens is 220 g/mol. The number of nitrogens with one attached hydrogen (secondary N) is 1. The minimum absolute atomic E-state index is 0.0455. The standard InChI is InChI=1S/C12H20N2O3/c1-12(8-15,9-16)7-13-6-10-3-4-14-11(5-10)17-2/h3-5,13,15-16H,6-9H2,1-2H3. The number of hydrogen-bond acceptors (Lipinski definition) is 5. The average molecular weight is 240 g/mol. The van der Waals surface area contributed by atoms with E-state index < -0.39 is 5.41 Å². The molecule has 0 aliphatic carbocycles. The van der Waals surface area contributed by atoms with Gasteiger partial charge in [0, 0.05) is 30.8 Å². The largest absolute Gasteiger partial charge is 0.481 e. The lowest BCUT2D eigenvalue weighted by atomic mass is 9.93. The Labute approximate surface area is 101 Å². The smallest absolute Gasteiger partial charge is 0.213 e. The fourth-order valence-electron chi connectivity index (χ4n) is 1.34. The van der Waals surface area contributed by atoms with Crippen molar-refractivity contribution in [1.82, 2.24) is 10.3 Å². The van der Waals surface area contributed by atoms with Gasteiger partial charge in [-0.3, -0.25) is 0 Å². The van der Waals surface area contributed by atoms with Crippen LogP contribution in [0.4, 0.5) is 0 Å². The molecule has 5 nitrogen and oxygen atoms in total. The summed E-state index contributed by atoms with van der Waals surface area (Å²) in [7, 11) is 1.58. The molecular formula is C12H20N2O3.